The molecule has 0 aromatic heterocycles. The van der Waals surface area contributed by atoms with Crippen LogP contribution in [0.4, 0.5) is 0 Å². The molecular formula is C14H26N2OS. The fourth-order valence-corrected chi connectivity index (χ4v) is 5.15. The van der Waals surface area contributed by atoms with Crippen molar-refractivity contribution in [3.8, 4) is 0 Å². The van der Waals surface area contributed by atoms with Crippen molar-refractivity contribution in [1.82, 2.24) is 9.80 Å². The van der Waals surface area contributed by atoms with Crippen molar-refractivity contribution in [3.05, 3.63) is 0 Å². The van der Waals surface area contributed by atoms with Crippen LogP contribution in [-0.4, -0.2) is 63.8 Å². The maximum atomic E-state index is 11.5. The maximum Gasteiger partial charge on any atom is 0.0249 e. The van der Waals surface area contributed by atoms with E-state index in [-0.39, 0.29) is 0 Å². The van der Waals surface area contributed by atoms with Gasteiger partial charge in [0.25, 0.3) is 0 Å². The molecule has 1 atom stereocenters. The molecule has 0 N–H and O–H groups in total. The lowest BCUT2D eigenvalue weighted by molar-refractivity contribution is 0.116. The largest absolute Gasteiger partial charge is 0.299 e. The highest BCUT2D eigenvalue weighted by molar-refractivity contribution is 7.85. The summed E-state index contributed by atoms with van der Waals surface area (Å²) in [6.07, 6.45) is 7.88. The van der Waals surface area contributed by atoms with Crippen LogP contribution in [0.25, 0.3) is 0 Å². The molecule has 104 valence electrons. The molecule has 3 aliphatic rings. The third-order valence-electron chi connectivity index (χ3n) is 4.96. The molecule has 3 nitrogen and oxygen atoms in total. The van der Waals surface area contributed by atoms with E-state index < -0.39 is 10.8 Å². The Labute approximate surface area is 113 Å². The van der Waals surface area contributed by atoms with Crippen molar-refractivity contribution in [3.63, 3.8) is 0 Å². The molecule has 0 bridgehead atoms. The monoisotopic (exact) mass is 270 g/mol. The third kappa shape index (κ3) is 2.97. The molecule has 0 aromatic rings. The van der Waals surface area contributed by atoms with E-state index in [9.17, 15) is 4.21 Å². The summed E-state index contributed by atoms with van der Waals surface area (Å²) in [7, 11) is -0.515. The zero-order valence-electron chi connectivity index (χ0n) is 11.4. The van der Waals surface area contributed by atoms with Gasteiger partial charge in [-0.15, -0.1) is 0 Å². The van der Waals surface area contributed by atoms with Crippen LogP contribution >= 0.6 is 0 Å². The predicted octanol–water partition coefficient (Wildman–Crippen LogP) is 1.46. The molecule has 3 saturated heterocycles. The van der Waals surface area contributed by atoms with Gasteiger partial charge < -0.3 is 0 Å². The molecule has 3 rings (SSSR count). The van der Waals surface area contributed by atoms with Crippen LogP contribution in [-0.2, 0) is 10.8 Å². The van der Waals surface area contributed by atoms with E-state index in [1.165, 1.54) is 64.7 Å². The molecular weight excluding hydrogens is 244 g/mol. The van der Waals surface area contributed by atoms with Gasteiger partial charge in [-0.25, -0.2) is 0 Å². The van der Waals surface area contributed by atoms with Crippen molar-refractivity contribution < 1.29 is 4.21 Å². The van der Waals surface area contributed by atoms with Crippen LogP contribution in [0.3, 0.4) is 0 Å². The first kappa shape index (κ1) is 13.1. The smallest absolute Gasteiger partial charge is 0.0249 e. The van der Waals surface area contributed by atoms with E-state index >= 15 is 0 Å². The maximum absolute atomic E-state index is 11.5. The number of hydrogen-bond donors (Lipinski definition) is 0. The molecule has 0 amide bonds. The first-order valence-corrected chi connectivity index (χ1v) is 9.15. The van der Waals surface area contributed by atoms with Crippen LogP contribution in [0, 0.1) is 0 Å². The molecule has 0 aromatic carbocycles. The molecule has 0 radical (unpaired) electrons. The summed E-state index contributed by atoms with van der Waals surface area (Å²) < 4.78 is 11.5. The highest BCUT2D eigenvalue weighted by Gasteiger charge is 2.31. The molecule has 0 spiro atoms. The average molecular weight is 270 g/mol. The third-order valence-corrected chi connectivity index (χ3v) is 6.34. The Hall–Kier alpha value is 0.0700. The van der Waals surface area contributed by atoms with E-state index in [1.807, 2.05) is 0 Å². The Morgan fingerprint density at radius 3 is 2.33 bits per heavy atom. The predicted molar refractivity (Wildman–Crippen MR) is 76.3 cm³/mol. The Kier molecular flexibility index (Phi) is 4.37. The lowest BCUT2D eigenvalue weighted by atomic mass is 10.0. The van der Waals surface area contributed by atoms with Crippen LogP contribution < -0.4 is 0 Å². The topological polar surface area (TPSA) is 23.6 Å². The van der Waals surface area contributed by atoms with Crippen molar-refractivity contribution in [2.24, 2.45) is 0 Å². The van der Waals surface area contributed by atoms with Crippen molar-refractivity contribution in [2.75, 3.05) is 37.7 Å². The van der Waals surface area contributed by atoms with E-state index in [4.69, 9.17) is 0 Å². The van der Waals surface area contributed by atoms with Gasteiger partial charge in [-0.2, -0.15) is 0 Å². The van der Waals surface area contributed by atoms with E-state index in [2.05, 4.69) is 9.80 Å². The van der Waals surface area contributed by atoms with Gasteiger partial charge in [0.1, 0.15) is 0 Å². The van der Waals surface area contributed by atoms with Gasteiger partial charge in [0, 0.05) is 40.9 Å². The van der Waals surface area contributed by atoms with Crippen LogP contribution in [0.5, 0.6) is 0 Å². The Morgan fingerprint density at radius 1 is 0.778 bits per heavy atom. The number of nitrogens with zero attached hydrogens (tertiary/aromatic N) is 2. The zero-order chi connectivity index (χ0) is 12.4. The van der Waals surface area contributed by atoms with Crippen LogP contribution in [0.2, 0.25) is 0 Å². The summed E-state index contributed by atoms with van der Waals surface area (Å²) in [5.41, 5.74) is 0. The van der Waals surface area contributed by atoms with Gasteiger partial charge in [0.15, 0.2) is 0 Å². The minimum absolute atomic E-state index is 0.515. The van der Waals surface area contributed by atoms with Gasteiger partial charge in [0.05, 0.1) is 0 Å². The molecule has 1 unspecified atom stereocenters. The number of hydrogen-bond acceptors (Lipinski definition) is 3. The quantitative estimate of drug-likeness (QED) is 0.721. The summed E-state index contributed by atoms with van der Waals surface area (Å²) in [6.45, 7) is 5.18. The van der Waals surface area contributed by atoms with Gasteiger partial charge in [-0.1, -0.05) is 6.42 Å². The summed E-state index contributed by atoms with van der Waals surface area (Å²) >= 11 is 0. The Bertz CT molecular complexity index is 300. The van der Waals surface area contributed by atoms with Crippen molar-refractivity contribution >= 4 is 10.8 Å². The molecule has 4 heteroatoms. The Morgan fingerprint density at radius 2 is 1.50 bits per heavy atom. The lowest BCUT2D eigenvalue weighted by Crippen LogP contribution is -2.47. The molecule has 3 fully saturated rings. The lowest BCUT2D eigenvalue weighted by Gasteiger charge is -2.38. The van der Waals surface area contributed by atoms with E-state index in [0.29, 0.717) is 0 Å². The highest BCUT2D eigenvalue weighted by atomic mass is 32.2. The van der Waals surface area contributed by atoms with E-state index in [0.717, 1.165) is 23.6 Å². The Balaban J connectivity index is 1.60. The summed E-state index contributed by atoms with van der Waals surface area (Å²) in [4.78, 5) is 5.46. The minimum atomic E-state index is -0.515. The summed E-state index contributed by atoms with van der Waals surface area (Å²) in [5, 5.41) is 0. The number of rotatable bonds is 1. The average Bonchev–Trinajstić information content (AvgIpc) is 2.61. The standard InChI is InChI=1S/C14H26N2OS/c17-18-10-5-13(6-11-18)16-9-3-8-15-7-2-1-4-14(15)12-16/h13-14H,1-12H2. The SMILES string of the molecule is O=S1CCC(N2CCCN3CCCCC3C2)CC1. The second kappa shape index (κ2) is 6.02. The zero-order valence-corrected chi connectivity index (χ0v) is 12.2. The van der Waals surface area contributed by atoms with Crippen molar-refractivity contribution in [2.45, 2.75) is 50.6 Å². The van der Waals surface area contributed by atoms with Crippen LogP contribution in [0.15, 0.2) is 0 Å². The fraction of sp³-hybridized carbons (Fsp3) is 1.00. The summed E-state index contributed by atoms with van der Waals surface area (Å²) in [6, 6.07) is 1.54. The fourth-order valence-electron chi connectivity index (χ4n) is 3.88. The number of fused-ring (bicyclic) bond motifs is 1. The summed E-state index contributed by atoms with van der Waals surface area (Å²) in [5.74, 6) is 1.88. The highest BCUT2D eigenvalue weighted by Crippen LogP contribution is 2.24. The second-order valence-electron chi connectivity index (χ2n) is 6.11. The minimum Gasteiger partial charge on any atom is -0.299 e. The normalized spacial score (nSPS) is 40.1. The van der Waals surface area contributed by atoms with Crippen LogP contribution in [0.1, 0.15) is 38.5 Å². The first-order valence-electron chi connectivity index (χ1n) is 7.66. The molecule has 0 saturated carbocycles. The van der Waals surface area contributed by atoms with Gasteiger partial charge in [-0.05, 0) is 51.7 Å². The molecule has 18 heavy (non-hydrogen) atoms. The molecule has 0 aliphatic carbocycles. The van der Waals surface area contributed by atoms with E-state index in [1.54, 1.807) is 0 Å². The van der Waals surface area contributed by atoms with Gasteiger partial charge in [-0.3, -0.25) is 14.0 Å². The first-order chi connectivity index (χ1) is 8.83. The molecule has 3 aliphatic heterocycles. The molecule has 3 heterocycles. The number of piperidine rings is 1. The van der Waals surface area contributed by atoms with Gasteiger partial charge in [0.2, 0.25) is 0 Å². The van der Waals surface area contributed by atoms with Crippen molar-refractivity contribution in [1.29, 1.82) is 0 Å². The second-order valence-corrected chi connectivity index (χ2v) is 7.81. The van der Waals surface area contributed by atoms with Gasteiger partial charge >= 0.3 is 0 Å².